The SMILES string of the molecule is Cc1ccccc1-n1ccnc1SC(C)C(=O)N1CC(=O)Nc2ccccc21. The highest BCUT2D eigenvalue weighted by Gasteiger charge is 2.30. The third kappa shape index (κ3) is 3.41. The van der Waals surface area contributed by atoms with Crippen LogP contribution in [0.1, 0.15) is 12.5 Å². The van der Waals surface area contributed by atoms with E-state index in [-0.39, 0.29) is 18.4 Å². The fraction of sp³-hybridized carbons (Fsp3) is 0.190. The number of anilines is 2. The maximum Gasteiger partial charge on any atom is 0.244 e. The smallest absolute Gasteiger partial charge is 0.244 e. The number of hydrogen-bond donors (Lipinski definition) is 1. The second-order valence-electron chi connectivity index (χ2n) is 6.62. The Balaban J connectivity index is 1.58. The average molecular weight is 392 g/mol. The number of fused-ring (bicyclic) bond motifs is 1. The summed E-state index contributed by atoms with van der Waals surface area (Å²) in [6.07, 6.45) is 3.63. The molecule has 0 bridgehead atoms. The predicted octanol–water partition coefficient (Wildman–Crippen LogP) is 3.65. The summed E-state index contributed by atoms with van der Waals surface area (Å²) < 4.78 is 1.99. The third-order valence-electron chi connectivity index (χ3n) is 4.65. The number of carbonyl (C=O) groups excluding carboxylic acids is 2. The van der Waals surface area contributed by atoms with Gasteiger partial charge in [0.25, 0.3) is 0 Å². The van der Waals surface area contributed by atoms with Crippen molar-refractivity contribution in [2.75, 3.05) is 16.8 Å². The lowest BCUT2D eigenvalue weighted by Gasteiger charge is -2.30. The minimum Gasteiger partial charge on any atom is -0.323 e. The number of thioether (sulfide) groups is 1. The Bertz CT molecular complexity index is 1050. The maximum absolute atomic E-state index is 13.1. The molecule has 1 aliphatic heterocycles. The van der Waals surface area contributed by atoms with Crippen molar-refractivity contribution in [2.45, 2.75) is 24.3 Å². The first-order valence-electron chi connectivity index (χ1n) is 9.01. The van der Waals surface area contributed by atoms with Crippen LogP contribution in [0.3, 0.4) is 0 Å². The van der Waals surface area contributed by atoms with Crippen molar-refractivity contribution in [2.24, 2.45) is 0 Å². The van der Waals surface area contributed by atoms with Gasteiger partial charge in [-0.1, -0.05) is 42.1 Å². The largest absolute Gasteiger partial charge is 0.323 e. The zero-order valence-electron chi connectivity index (χ0n) is 15.6. The Morgan fingerprint density at radius 2 is 1.86 bits per heavy atom. The highest BCUT2D eigenvalue weighted by Crippen LogP contribution is 2.32. The van der Waals surface area contributed by atoms with Crippen molar-refractivity contribution < 1.29 is 9.59 Å². The number of carbonyl (C=O) groups is 2. The highest BCUT2D eigenvalue weighted by atomic mass is 32.2. The normalized spacial score (nSPS) is 14.4. The standard InChI is InChI=1S/C21H20N4O2S/c1-14-7-3-5-9-17(14)24-12-11-22-21(24)28-15(2)20(27)25-13-19(26)23-16-8-4-6-10-18(16)25/h3-12,15H,13H2,1-2H3,(H,23,26). The monoisotopic (exact) mass is 392 g/mol. The second-order valence-corrected chi connectivity index (χ2v) is 7.92. The van der Waals surface area contributed by atoms with Gasteiger partial charge >= 0.3 is 0 Å². The van der Waals surface area contributed by atoms with Crippen LogP contribution in [0.2, 0.25) is 0 Å². The number of para-hydroxylation sites is 3. The van der Waals surface area contributed by atoms with Gasteiger partial charge < -0.3 is 5.32 Å². The van der Waals surface area contributed by atoms with E-state index in [1.165, 1.54) is 11.8 Å². The molecule has 0 spiro atoms. The molecule has 6 nitrogen and oxygen atoms in total. The van der Waals surface area contributed by atoms with E-state index < -0.39 is 5.25 Å². The number of aromatic nitrogens is 2. The topological polar surface area (TPSA) is 67.2 Å². The molecule has 2 heterocycles. The van der Waals surface area contributed by atoms with Crippen molar-refractivity contribution in [3.8, 4) is 5.69 Å². The van der Waals surface area contributed by atoms with Gasteiger partial charge in [-0.15, -0.1) is 0 Å². The van der Waals surface area contributed by atoms with E-state index in [1.807, 2.05) is 67.1 Å². The first kappa shape index (κ1) is 18.3. The molecule has 1 aliphatic rings. The molecule has 142 valence electrons. The summed E-state index contributed by atoms with van der Waals surface area (Å²) in [5, 5.41) is 3.15. The van der Waals surface area contributed by atoms with Gasteiger partial charge in [-0.2, -0.15) is 0 Å². The van der Waals surface area contributed by atoms with Gasteiger partial charge in [-0.25, -0.2) is 4.98 Å². The van der Waals surface area contributed by atoms with E-state index in [9.17, 15) is 9.59 Å². The molecule has 4 rings (SSSR count). The Morgan fingerprint density at radius 3 is 2.64 bits per heavy atom. The van der Waals surface area contributed by atoms with E-state index in [0.717, 1.165) is 22.1 Å². The van der Waals surface area contributed by atoms with Crippen LogP contribution < -0.4 is 10.2 Å². The quantitative estimate of drug-likeness (QED) is 0.689. The summed E-state index contributed by atoms with van der Waals surface area (Å²) in [6.45, 7) is 3.91. The fourth-order valence-electron chi connectivity index (χ4n) is 3.25. The number of aryl methyl sites for hydroxylation is 1. The number of rotatable bonds is 4. The molecule has 0 radical (unpaired) electrons. The molecule has 2 aromatic carbocycles. The van der Waals surface area contributed by atoms with Crippen LogP contribution in [0.25, 0.3) is 5.69 Å². The number of nitrogens with zero attached hydrogens (tertiary/aromatic N) is 3. The van der Waals surface area contributed by atoms with Gasteiger partial charge in [0, 0.05) is 12.4 Å². The van der Waals surface area contributed by atoms with Crippen LogP contribution >= 0.6 is 11.8 Å². The summed E-state index contributed by atoms with van der Waals surface area (Å²) in [5.74, 6) is -0.308. The van der Waals surface area contributed by atoms with Gasteiger partial charge in [0.2, 0.25) is 11.8 Å². The number of benzene rings is 2. The van der Waals surface area contributed by atoms with Crippen LogP contribution in [0.15, 0.2) is 66.1 Å². The lowest BCUT2D eigenvalue weighted by atomic mass is 10.2. The molecule has 28 heavy (non-hydrogen) atoms. The Labute approximate surface area is 167 Å². The number of imidazole rings is 1. The van der Waals surface area contributed by atoms with E-state index in [0.29, 0.717) is 5.69 Å². The van der Waals surface area contributed by atoms with Crippen molar-refractivity contribution in [1.29, 1.82) is 0 Å². The summed E-state index contributed by atoms with van der Waals surface area (Å²) in [4.78, 5) is 31.1. The molecule has 1 aromatic heterocycles. The lowest BCUT2D eigenvalue weighted by molar-refractivity contribution is -0.121. The fourth-order valence-corrected chi connectivity index (χ4v) is 4.19. The third-order valence-corrected chi connectivity index (χ3v) is 5.72. The number of hydrogen-bond acceptors (Lipinski definition) is 4. The van der Waals surface area contributed by atoms with Gasteiger partial charge in [0.1, 0.15) is 6.54 Å². The Hall–Kier alpha value is -3.06. The average Bonchev–Trinajstić information content (AvgIpc) is 3.14. The van der Waals surface area contributed by atoms with Crippen molar-refractivity contribution in [3.63, 3.8) is 0 Å². The van der Waals surface area contributed by atoms with E-state index in [1.54, 1.807) is 17.2 Å². The first-order valence-corrected chi connectivity index (χ1v) is 9.89. The minimum absolute atomic E-state index is 0.0208. The zero-order chi connectivity index (χ0) is 19.7. The molecule has 1 atom stereocenters. The summed E-state index contributed by atoms with van der Waals surface area (Å²) in [5.41, 5.74) is 3.54. The van der Waals surface area contributed by atoms with E-state index in [2.05, 4.69) is 10.3 Å². The summed E-state index contributed by atoms with van der Waals surface area (Å²) in [7, 11) is 0. The molecule has 2 amide bonds. The van der Waals surface area contributed by atoms with Crippen molar-refractivity contribution in [1.82, 2.24) is 9.55 Å². The van der Waals surface area contributed by atoms with Crippen LogP contribution in [0.5, 0.6) is 0 Å². The minimum atomic E-state index is -0.399. The number of amides is 2. The Kier molecular flexibility index (Phi) is 4.92. The molecule has 0 aliphatic carbocycles. The highest BCUT2D eigenvalue weighted by molar-refractivity contribution is 8.00. The maximum atomic E-state index is 13.1. The van der Waals surface area contributed by atoms with Gasteiger partial charge in [-0.05, 0) is 37.6 Å². The van der Waals surface area contributed by atoms with Crippen molar-refractivity contribution in [3.05, 3.63) is 66.5 Å². The van der Waals surface area contributed by atoms with Crippen LogP contribution in [-0.2, 0) is 9.59 Å². The van der Waals surface area contributed by atoms with Crippen LogP contribution in [-0.4, -0.2) is 33.2 Å². The molecular formula is C21H20N4O2S. The Morgan fingerprint density at radius 1 is 1.14 bits per heavy atom. The van der Waals surface area contributed by atoms with E-state index >= 15 is 0 Å². The predicted molar refractivity (Wildman–Crippen MR) is 111 cm³/mol. The molecule has 0 fully saturated rings. The number of nitrogens with one attached hydrogen (secondary N) is 1. The molecule has 7 heteroatoms. The molecule has 1 N–H and O–H groups in total. The van der Waals surface area contributed by atoms with Gasteiger partial charge in [-0.3, -0.25) is 19.1 Å². The molecule has 0 saturated carbocycles. The molecule has 1 unspecified atom stereocenters. The van der Waals surface area contributed by atoms with Crippen molar-refractivity contribution >= 4 is 35.0 Å². The van der Waals surface area contributed by atoms with Crippen LogP contribution in [0.4, 0.5) is 11.4 Å². The summed E-state index contributed by atoms with van der Waals surface area (Å²) in [6, 6.07) is 15.4. The zero-order valence-corrected chi connectivity index (χ0v) is 16.4. The first-order chi connectivity index (χ1) is 13.5. The van der Waals surface area contributed by atoms with Gasteiger partial charge in [0.05, 0.1) is 22.3 Å². The molecule has 3 aromatic rings. The lowest BCUT2D eigenvalue weighted by Crippen LogP contribution is -2.45. The second kappa shape index (κ2) is 7.52. The van der Waals surface area contributed by atoms with Crippen LogP contribution in [0, 0.1) is 6.92 Å². The van der Waals surface area contributed by atoms with E-state index in [4.69, 9.17) is 0 Å². The van der Waals surface area contributed by atoms with Gasteiger partial charge in [0.15, 0.2) is 5.16 Å². The summed E-state index contributed by atoms with van der Waals surface area (Å²) >= 11 is 1.39. The molecule has 0 saturated heterocycles. The molecular weight excluding hydrogens is 372 g/mol.